The highest BCUT2D eigenvalue weighted by molar-refractivity contribution is 5.79. The monoisotopic (exact) mass is 425 g/mol. The number of guanidine groups is 1. The molecule has 0 saturated carbocycles. The molecule has 2 aromatic carbocycles. The number of nitrogens with zero attached hydrogens (tertiary/aromatic N) is 1. The largest absolute Gasteiger partial charge is 0.493 e. The highest BCUT2D eigenvalue weighted by atomic mass is 16.5. The van der Waals surface area contributed by atoms with Crippen molar-refractivity contribution < 1.29 is 14.6 Å². The van der Waals surface area contributed by atoms with Gasteiger partial charge in [-0.1, -0.05) is 42.5 Å². The van der Waals surface area contributed by atoms with Crippen LogP contribution >= 0.6 is 0 Å². The van der Waals surface area contributed by atoms with Crippen molar-refractivity contribution in [1.82, 2.24) is 10.6 Å². The van der Waals surface area contributed by atoms with Crippen molar-refractivity contribution in [3.05, 3.63) is 65.2 Å². The lowest BCUT2D eigenvalue weighted by Crippen LogP contribution is -2.41. The van der Waals surface area contributed by atoms with Gasteiger partial charge in [-0.25, -0.2) is 4.99 Å². The van der Waals surface area contributed by atoms with Crippen molar-refractivity contribution >= 4 is 5.96 Å². The minimum absolute atomic E-state index is 0.430. The van der Waals surface area contributed by atoms with Crippen LogP contribution in [0.2, 0.25) is 0 Å². The summed E-state index contributed by atoms with van der Waals surface area (Å²) in [7, 11) is 0. The lowest BCUT2D eigenvalue weighted by atomic mass is 10.1. The topological polar surface area (TPSA) is 75.1 Å². The van der Waals surface area contributed by atoms with E-state index in [1.54, 1.807) is 0 Å². The molecule has 1 saturated heterocycles. The summed E-state index contributed by atoms with van der Waals surface area (Å²) in [5.41, 5.74) is 3.33. The quantitative estimate of drug-likeness (QED) is 0.403. The summed E-state index contributed by atoms with van der Waals surface area (Å²) < 4.78 is 11.6. The molecule has 6 nitrogen and oxygen atoms in total. The third-order valence-corrected chi connectivity index (χ3v) is 5.29. The summed E-state index contributed by atoms with van der Waals surface area (Å²) in [6.45, 7) is 8.05. The van der Waals surface area contributed by atoms with E-state index in [4.69, 9.17) is 14.5 Å². The smallest absolute Gasteiger partial charge is 0.191 e. The number of nitrogens with one attached hydrogen (secondary N) is 2. The lowest BCUT2D eigenvalue weighted by Gasteiger charge is -2.17. The molecule has 1 fully saturated rings. The second kappa shape index (κ2) is 12.3. The maximum Gasteiger partial charge on any atom is 0.191 e. The predicted octanol–water partition coefficient (Wildman–Crippen LogP) is 3.07. The van der Waals surface area contributed by atoms with E-state index in [-0.39, 0.29) is 0 Å². The Morgan fingerprint density at radius 1 is 1.23 bits per heavy atom. The number of aliphatic hydroxyl groups excluding tert-OH is 1. The SMILES string of the molecule is CCNC(=NCc1ccc(C)cc1OCC1CCOC1)NCC(O)Cc1ccccc1. The van der Waals surface area contributed by atoms with E-state index in [0.717, 1.165) is 43.1 Å². The molecule has 31 heavy (non-hydrogen) atoms. The first kappa shape index (κ1) is 23.1. The van der Waals surface area contributed by atoms with Gasteiger partial charge in [0.2, 0.25) is 0 Å². The van der Waals surface area contributed by atoms with E-state index in [1.165, 1.54) is 5.56 Å². The fourth-order valence-corrected chi connectivity index (χ4v) is 3.53. The van der Waals surface area contributed by atoms with Crippen LogP contribution in [0.5, 0.6) is 5.75 Å². The number of benzene rings is 2. The summed E-state index contributed by atoms with van der Waals surface area (Å²) in [4.78, 5) is 4.71. The van der Waals surface area contributed by atoms with Crippen LogP contribution in [-0.4, -0.2) is 50.1 Å². The number of aryl methyl sites for hydroxylation is 1. The van der Waals surface area contributed by atoms with E-state index in [0.29, 0.717) is 38.0 Å². The first-order valence-corrected chi connectivity index (χ1v) is 11.2. The standard InChI is InChI=1S/C25H35N3O3/c1-3-26-25(28-16-23(29)14-20-7-5-4-6-8-20)27-15-22-10-9-19(2)13-24(22)31-18-21-11-12-30-17-21/h4-10,13,21,23,29H,3,11-12,14-18H2,1-2H3,(H2,26,27,28). The van der Waals surface area contributed by atoms with Crippen molar-refractivity contribution in [2.24, 2.45) is 10.9 Å². The molecule has 1 aliphatic rings. The number of rotatable bonds is 10. The van der Waals surface area contributed by atoms with Crippen LogP contribution in [0, 0.1) is 12.8 Å². The van der Waals surface area contributed by atoms with Crippen LogP contribution in [0.15, 0.2) is 53.5 Å². The zero-order valence-electron chi connectivity index (χ0n) is 18.6. The third kappa shape index (κ3) is 7.89. The molecule has 0 spiro atoms. The van der Waals surface area contributed by atoms with E-state index >= 15 is 0 Å². The molecule has 168 valence electrons. The lowest BCUT2D eigenvalue weighted by molar-refractivity contribution is 0.166. The normalized spacial score (nSPS) is 17.4. The van der Waals surface area contributed by atoms with Gasteiger partial charge >= 0.3 is 0 Å². The summed E-state index contributed by atoms with van der Waals surface area (Å²) in [5, 5.41) is 16.9. The predicted molar refractivity (Wildman–Crippen MR) is 125 cm³/mol. The van der Waals surface area contributed by atoms with Gasteiger partial charge in [0.25, 0.3) is 0 Å². The Morgan fingerprint density at radius 3 is 2.81 bits per heavy atom. The van der Waals surface area contributed by atoms with Gasteiger partial charge < -0.3 is 25.2 Å². The fourth-order valence-electron chi connectivity index (χ4n) is 3.53. The Kier molecular flexibility index (Phi) is 9.18. The number of hydrogen-bond acceptors (Lipinski definition) is 4. The molecule has 1 heterocycles. The summed E-state index contributed by atoms with van der Waals surface area (Å²) in [6.07, 6.45) is 1.17. The van der Waals surface area contributed by atoms with E-state index in [2.05, 4.69) is 35.8 Å². The van der Waals surface area contributed by atoms with Crippen LogP contribution in [0.4, 0.5) is 0 Å². The zero-order chi connectivity index (χ0) is 21.9. The second-order valence-corrected chi connectivity index (χ2v) is 8.07. The first-order chi connectivity index (χ1) is 15.1. The van der Waals surface area contributed by atoms with Crippen LogP contribution in [0.3, 0.4) is 0 Å². The minimum Gasteiger partial charge on any atom is -0.493 e. The molecule has 0 bridgehead atoms. The summed E-state index contributed by atoms with van der Waals surface area (Å²) in [5.74, 6) is 2.03. The molecule has 3 N–H and O–H groups in total. The molecular weight excluding hydrogens is 390 g/mol. The number of hydrogen-bond donors (Lipinski definition) is 3. The molecular formula is C25H35N3O3. The third-order valence-electron chi connectivity index (χ3n) is 5.29. The van der Waals surface area contributed by atoms with Crippen LogP contribution in [-0.2, 0) is 17.7 Å². The Hall–Kier alpha value is -2.57. The molecule has 0 aliphatic carbocycles. The van der Waals surface area contributed by atoms with E-state index in [9.17, 15) is 5.11 Å². The van der Waals surface area contributed by atoms with Gasteiger partial charge in [-0.05, 0) is 37.5 Å². The zero-order valence-corrected chi connectivity index (χ0v) is 18.6. The first-order valence-electron chi connectivity index (χ1n) is 11.2. The van der Waals surface area contributed by atoms with Crippen molar-refractivity contribution in [2.75, 3.05) is 32.9 Å². The van der Waals surface area contributed by atoms with Gasteiger partial charge in [0.05, 0.1) is 25.9 Å². The molecule has 0 amide bonds. The second-order valence-electron chi connectivity index (χ2n) is 8.07. The van der Waals surface area contributed by atoms with Gasteiger partial charge in [0, 0.05) is 37.6 Å². The van der Waals surface area contributed by atoms with Gasteiger partial charge in [-0.3, -0.25) is 0 Å². The molecule has 2 atom stereocenters. The van der Waals surface area contributed by atoms with Gasteiger partial charge in [-0.2, -0.15) is 0 Å². The van der Waals surface area contributed by atoms with Crippen molar-refractivity contribution in [3.8, 4) is 5.75 Å². The molecule has 3 rings (SSSR count). The van der Waals surface area contributed by atoms with Crippen LogP contribution < -0.4 is 15.4 Å². The Bertz CT molecular complexity index is 820. The van der Waals surface area contributed by atoms with Crippen LogP contribution in [0.25, 0.3) is 0 Å². The maximum atomic E-state index is 10.4. The molecule has 0 aromatic heterocycles. The van der Waals surface area contributed by atoms with Crippen molar-refractivity contribution in [1.29, 1.82) is 0 Å². The average molecular weight is 426 g/mol. The Labute approximate surface area is 185 Å². The van der Waals surface area contributed by atoms with E-state index < -0.39 is 6.10 Å². The molecule has 1 aliphatic heterocycles. The van der Waals surface area contributed by atoms with Crippen molar-refractivity contribution in [2.45, 2.75) is 39.3 Å². The average Bonchev–Trinajstić information content (AvgIpc) is 3.29. The Balaban J connectivity index is 1.57. The molecule has 2 aromatic rings. The summed E-state index contributed by atoms with van der Waals surface area (Å²) >= 11 is 0. The molecule has 0 radical (unpaired) electrons. The number of aliphatic imine (C=N–C) groups is 1. The van der Waals surface area contributed by atoms with Crippen molar-refractivity contribution in [3.63, 3.8) is 0 Å². The van der Waals surface area contributed by atoms with E-state index in [1.807, 2.05) is 37.3 Å². The maximum absolute atomic E-state index is 10.4. The molecule has 2 unspecified atom stereocenters. The highest BCUT2D eigenvalue weighted by Crippen LogP contribution is 2.23. The van der Waals surface area contributed by atoms with Crippen LogP contribution in [0.1, 0.15) is 30.0 Å². The summed E-state index contributed by atoms with van der Waals surface area (Å²) in [6, 6.07) is 16.2. The highest BCUT2D eigenvalue weighted by Gasteiger charge is 2.17. The minimum atomic E-state index is -0.488. The number of ether oxygens (including phenoxy) is 2. The fraction of sp³-hybridized carbons (Fsp3) is 0.480. The van der Waals surface area contributed by atoms with Gasteiger partial charge in [-0.15, -0.1) is 0 Å². The Morgan fingerprint density at radius 2 is 2.06 bits per heavy atom. The van der Waals surface area contributed by atoms with Gasteiger partial charge in [0.1, 0.15) is 5.75 Å². The van der Waals surface area contributed by atoms with Gasteiger partial charge in [0.15, 0.2) is 5.96 Å². The molecule has 6 heteroatoms. The number of aliphatic hydroxyl groups is 1.